The van der Waals surface area contributed by atoms with Gasteiger partial charge in [0.05, 0.1) is 6.61 Å². The maximum absolute atomic E-state index is 11.5. The van der Waals surface area contributed by atoms with Gasteiger partial charge < -0.3 is 15.4 Å². The molecule has 0 atom stereocenters. The van der Waals surface area contributed by atoms with E-state index in [4.69, 9.17) is 10.5 Å². The minimum absolute atomic E-state index is 0.0618. The van der Waals surface area contributed by atoms with Gasteiger partial charge in [0.15, 0.2) is 15.7 Å². The molecule has 0 unspecified atom stereocenters. The quantitative estimate of drug-likeness (QED) is 0.819. The lowest BCUT2D eigenvalue weighted by molar-refractivity contribution is 0.206. The highest BCUT2D eigenvalue weighted by molar-refractivity contribution is 7.91. The smallest absolute Gasteiger partial charge is 0.182 e. The molecule has 0 bridgehead atoms. The molecule has 1 aromatic rings. The van der Waals surface area contributed by atoms with Gasteiger partial charge >= 0.3 is 0 Å². The van der Waals surface area contributed by atoms with E-state index in [9.17, 15) is 8.42 Å². The Morgan fingerprint density at radius 1 is 1.56 bits per heavy atom. The highest BCUT2D eigenvalue weighted by atomic mass is 32.2. The number of ether oxygens (including phenoxy) is 1. The number of hydrogen-bond donors (Lipinski definition) is 1. The van der Waals surface area contributed by atoms with Crippen LogP contribution in [0.25, 0.3) is 0 Å². The number of anilines is 2. The van der Waals surface area contributed by atoms with E-state index in [1.165, 1.54) is 0 Å². The largest absolute Gasteiger partial charge is 0.383 e. The second-order valence-electron chi connectivity index (χ2n) is 3.39. The monoisotopic (exact) mass is 265 g/mol. The molecule has 6 nitrogen and oxygen atoms in total. The van der Waals surface area contributed by atoms with Gasteiger partial charge in [0.1, 0.15) is 9.90 Å². The maximum atomic E-state index is 11.5. The van der Waals surface area contributed by atoms with Crippen LogP contribution in [0.1, 0.15) is 0 Å². The summed E-state index contributed by atoms with van der Waals surface area (Å²) >= 11 is 1.08. The Balaban J connectivity index is 3.06. The molecule has 1 heterocycles. The van der Waals surface area contributed by atoms with E-state index in [1.54, 1.807) is 19.1 Å². The number of likely N-dealkylation sites (N-methyl/N-ethyl adjacent to an activating group) is 1. The Labute approximate surface area is 99.1 Å². The number of nitrogens with two attached hydrogens (primary N) is 1. The summed E-state index contributed by atoms with van der Waals surface area (Å²) in [6.45, 7) is 1.10. The van der Waals surface area contributed by atoms with Crippen LogP contribution in [-0.4, -0.2) is 46.4 Å². The predicted octanol–water partition coefficient (Wildman–Crippen LogP) is 0.211. The van der Waals surface area contributed by atoms with Gasteiger partial charge in [-0.25, -0.2) is 8.42 Å². The number of nitrogens with zero attached hydrogens (tertiary/aromatic N) is 2. The standard InChI is InChI=1S/C8H15N3O3S2/c1-11(4-5-14-2)8-6(16(3,12)13)7(9)10-15-8/h4-5H2,1-3H3,(H2,9,10). The first kappa shape index (κ1) is 13.2. The molecular weight excluding hydrogens is 250 g/mol. The van der Waals surface area contributed by atoms with Crippen molar-refractivity contribution in [3.63, 3.8) is 0 Å². The van der Waals surface area contributed by atoms with Crippen LogP contribution in [0.5, 0.6) is 0 Å². The Hall–Kier alpha value is -0.860. The number of nitrogen functional groups attached to an aromatic ring is 1. The van der Waals surface area contributed by atoms with E-state index in [-0.39, 0.29) is 10.7 Å². The summed E-state index contributed by atoms with van der Waals surface area (Å²) in [5, 5.41) is 0.553. The van der Waals surface area contributed by atoms with Crippen LogP contribution in [-0.2, 0) is 14.6 Å². The van der Waals surface area contributed by atoms with Crippen LogP contribution in [0.2, 0.25) is 0 Å². The van der Waals surface area contributed by atoms with Crippen molar-refractivity contribution in [1.82, 2.24) is 4.37 Å². The zero-order valence-electron chi connectivity index (χ0n) is 9.43. The summed E-state index contributed by atoms with van der Waals surface area (Å²) in [5.74, 6) is 0.0618. The summed E-state index contributed by atoms with van der Waals surface area (Å²) in [5.41, 5.74) is 5.56. The molecule has 0 aliphatic rings. The average molecular weight is 265 g/mol. The molecule has 0 aliphatic heterocycles. The predicted molar refractivity (Wildman–Crippen MR) is 64.8 cm³/mol. The van der Waals surface area contributed by atoms with E-state index in [2.05, 4.69) is 4.37 Å². The van der Waals surface area contributed by atoms with Gasteiger partial charge in [-0.3, -0.25) is 0 Å². The number of rotatable bonds is 5. The zero-order valence-corrected chi connectivity index (χ0v) is 11.1. The average Bonchev–Trinajstić information content (AvgIpc) is 2.56. The first-order valence-corrected chi connectivity index (χ1v) is 7.19. The lowest BCUT2D eigenvalue weighted by atomic mass is 10.5. The van der Waals surface area contributed by atoms with Crippen molar-refractivity contribution in [3.05, 3.63) is 0 Å². The third kappa shape index (κ3) is 2.83. The van der Waals surface area contributed by atoms with Crippen LogP contribution in [0, 0.1) is 0 Å². The fourth-order valence-corrected chi connectivity index (χ4v) is 3.42. The topological polar surface area (TPSA) is 85.5 Å². The Morgan fingerprint density at radius 3 is 2.69 bits per heavy atom. The number of hydrogen-bond acceptors (Lipinski definition) is 7. The van der Waals surface area contributed by atoms with Gasteiger partial charge in [0, 0.05) is 27.0 Å². The summed E-state index contributed by atoms with van der Waals surface area (Å²) in [4.78, 5) is 1.88. The molecule has 2 N–H and O–H groups in total. The molecule has 0 saturated carbocycles. The first-order chi connectivity index (χ1) is 7.38. The summed E-state index contributed by atoms with van der Waals surface area (Å²) in [7, 11) is 0.0176. The van der Waals surface area contributed by atoms with Crippen LogP contribution >= 0.6 is 11.5 Å². The molecule has 0 fully saturated rings. The zero-order chi connectivity index (χ0) is 12.3. The van der Waals surface area contributed by atoms with Gasteiger partial charge in [-0.2, -0.15) is 4.37 Å². The number of sulfone groups is 1. The molecule has 16 heavy (non-hydrogen) atoms. The highest BCUT2D eigenvalue weighted by Gasteiger charge is 2.23. The normalized spacial score (nSPS) is 11.7. The fourth-order valence-electron chi connectivity index (χ4n) is 1.21. The highest BCUT2D eigenvalue weighted by Crippen LogP contribution is 2.33. The van der Waals surface area contributed by atoms with Crippen LogP contribution < -0.4 is 10.6 Å². The van der Waals surface area contributed by atoms with E-state index < -0.39 is 9.84 Å². The Kier molecular flexibility index (Phi) is 4.11. The van der Waals surface area contributed by atoms with Gasteiger partial charge in [0.25, 0.3) is 0 Å². The third-order valence-corrected chi connectivity index (χ3v) is 4.26. The van der Waals surface area contributed by atoms with Crippen LogP contribution in [0.3, 0.4) is 0 Å². The molecule has 8 heteroatoms. The molecule has 92 valence electrons. The van der Waals surface area contributed by atoms with Crippen molar-refractivity contribution in [2.75, 3.05) is 44.2 Å². The number of methoxy groups -OCH3 is 1. The van der Waals surface area contributed by atoms with Gasteiger partial charge in [-0.05, 0) is 11.5 Å². The molecule has 0 radical (unpaired) electrons. The second-order valence-corrected chi connectivity index (χ2v) is 6.09. The van der Waals surface area contributed by atoms with E-state index in [0.717, 1.165) is 17.8 Å². The molecular formula is C8H15N3O3S2. The maximum Gasteiger partial charge on any atom is 0.182 e. The minimum Gasteiger partial charge on any atom is -0.383 e. The number of aromatic nitrogens is 1. The SMILES string of the molecule is COCCN(C)c1snc(N)c1S(C)(=O)=O. The fraction of sp³-hybridized carbons (Fsp3) is 0.625. The molecule has 1 aromatic heterocycles. The van der Waals surface area contributed by atoms with Crippen molar-refractivity contribution >= 4 is 32.2 Å². The van der Waals surface area contributed by atoms with E-state index in [0.29, 0.717) is 18.2 Å². The van der Waals surface area contributed by atoms with Gasteiger partial charge in [0.2, 0.25) is 0 Å². The van der Waals surface area contributed by atoms with E-state index >= 15 is 0 Å². The summed E-state index contributed by atoms with van der Waals surface area (Å²) in [6.07, 6.45) is 1.13. The first-order valence-electron chi connectivity index (χ1n) is 4.53. The van der Waals surface area contributed by atoms with Crippen molar-refractivity contribution in [2.45, 2.75) is 4.90 Å². The molecule has 0 saturated heterocycles. The summed E-state index contributed by atoms with van der Waals surface area (Å²) < 4.78 is 31.9. The lowest BCUT2D eigenvalue weighted by Gasteiger charge is -2.17. The molecule has 0 aromatic carbocycles. The Morgan fingerprint density at radius 2 is 2.19 bits per heavy atom. The summed E-state index contributed by atoms with van der Waals surface area (Å²) in [6, 6.07) is 0. The van der Waals surface area contributed by atoms with Gasteiger partial charge in [-0.1, -0.05) is 0 Å². The minimum atomic E-state index is -3.35. The lowest BCUT2D eigenvalue weighted by Crippen LogP contribution is -2.22. The van der Waals surface area contributed by atoms with E-state index in [1.807, 2.05) is 0 Å². The molecule has 0 aliphatic carbocycles. The molecule has 1 rings (SSSR count). The van der Waals surface area contributed by atoms with Crippen LogP contribution in [0.15, 0.2) is 4.90 Å². The van der Waals surface area contributed by atoms with Crippen LogP contribution in [0.4, 0.5) is 10.8 Å². The second kappa shape index (κ2) is 4.98. The van der Waals surface area contributed by atoms with Crippen molar-refractivity contribution in [2.24, 2.45) is 0 Å². The molecule has 0 spiro atoms. The molecule has 0 amide bonds. The van der Waals surface area contributed by atoms with Crippen molar-refractivity contribution in [3.8, 4) is 0 Å². The third-order valence-electron chi connectivity index (χ3n) is 2.01. The van der Waals surface area contributed by atoms with Crippen molar-refractivity contribution in [1.29, 1.82) is 0 Å². The van der Waals surface area contributed by atoms with Gasteiger partial charge in [-0.15, -0.1) is 0 Å². The van der Waals surface area contributed by atoms with Crippen molar-refractivity contribution < 1.29 is 13.2 Å². The Bertz CT molecular complexity index is 455.